The highest BCUT2D eigenvalue weighted by Gasteiger charge is 1.99. The average Bonchev–Trinajstić information content (AvgIpc) is 1.97. The molecule has 0 bridgehead atoms. The van der Waals surface area contributed by atoms with Gasteiger partial charge in [-0.2, -0.15) is 0 Å². The van der Waals surface area contributed by atoms with Gasteiger partial charge in [0.2, 0.25) is 6.41 Å². The lowest BCUT2D eigenvalue weighted by molar-refractivity contribution is -0.109. The van der Waals surface area contributed by atoms with Gasteiger partial charge in [-0.25, -0.2) is 4.79 Å². The summed E-state index contributed by atoms with van der Waals surface area (Å²) in [6, 6.07) is -0.155. The van der Waals surface area contributed by atoms with Crippen molar-refractivity contribution < 1.29 is 9.59 Å². The van der Waals surface area contributed by atoms with Crippen LogP contribution in [0.25, 0.3) is 0 Å². The number of hydrogen-bond donors (Lipinski definition) is 2. The number of nitrogens with one attached hydrogen (secondary N) is 2. The molecule has 0 aliphatic rings. The minimum absolute atomic E-state index is 0.155. The minimum Gasteiger partial charge on any atom is -0.357 e. The average molecular weight is 159 g/mol. The molecule has 0 fully saturated rings. The molecule has 0 aromatic carbocycles. The number of hydrogen-bond acceptors (Lipinski definition) is 2. The second-order valence-corrected chi connectivity index (χ2v) is 2.20. The zero-order valence-corrected chi connectivity index (χ0v) is 6.76. The van der Waals surface area contributed by atoms with Crippen LogP contribution in [0.2, 0.25) is 0 Å². The first kappa shape index (κ1) is 9.74. The molecule has 0 rings (SSSR count). The van der Waals surface area contributed by atoms with Crippen molar-refractivity contribution in [3.05, 3.63) is 0 Å². The van der Waals surface area contributed by atoms with Crippen LogP contribution in [0.4, 0.5) is 4.79 Å². The lowest BCUT2D eigenvalue weighted by Crippen LogP contribution is -2.38. The number of carbonyl (C=O) groups excluding carboxylic acids is 2. The summed E-state index contributed by atoms with van der Waals surface area (Å²) in [5.74, 6) is 0. The van der Waals surface area contributed by atoms with Gasteiger partial charge in [-0.05, 0) is 0 Å². The molecular formula is C6H13N3O2. The van der Waals surface area contributed by atoms with Crippen molar-refractivity contribution in [1.82, 2.24) is 15.5 Å². The second kappa shape index (κ2) is 5.52. The molecule has 0 aliphatic heterocycles. The Morgan fingerprint density at radius 3 is 2.55 bits per heavy atom. The maximum absolute atomic E-state index is 10.8. The first-order valence-electron chi connectivity index (χ1n) is 3.30. The third-order valence-corrected chi connectivity index (χ3v) is 1.04. The molecule has 11 heavy (non-hydrogen) atoms. The summed E-state index contributed by atoms with van der Waals surface area (Å²) in [7, 11) is 3.31. The molecule has 0 aliphatic carbocycles. The fourth-order valence-electron chi connectivity index (χ4n) is 0.459. The van der Waals surface area contributed by atoms with E-state index in [1.54, 1.807) is 14.1 Å². The van der Waals surface area contributed by atoms with Crippen molar-refractivity contribution in [2.75, 3.05) is 27.2 Å². The molecule has 0 aromatic heterocycles. The van der Waals surface area contributed by atoms with Crippen molar-refractivity contribution in [3.8, 4) is 0 Å². The van der Waals surface area contributed by atoms with Crippen molar-refractivity contribution in [1.29, 1.82) is 0 Å². The number of rotatable bonds is 4. The van der Waals surface area contributed by atoms with Crippen molar-refractivity contribution in [2.24, 2.45) is 0 Å². The Balaban J connectivity index is 3.24. The lowest BCUT2D eigenvalue weighted by atomic mass is 10.6. The third-order valence-electron chi connectivity index (χ3n) is 1.04. The number of nitrogens with zero attached hydrogens (tertiary/aromatic N) is 1. The monoisotopic (exact) mass is 159 g/mol. The van der Waals surface area contributed by atoms with Gasteiger partial charge in [0.1, 0.15) is 0 Å². The lowest BCUT2D eigenvalue weighted by Gasteiger charge is -2.10. The van der Waals surface area contributed by atoms with Crippen LogP contribution >= 0.6 is 0 Å². The van der Waals surface area contributed by atoms with E-state index in [9.17, 15) is 9.59 Å². The predicted octanol–water partition coefficient (Wildman–Crippen LogP) is -0.996. The van der Waals surface area contributed by atoms with E-state index in [-0.39, 0.29) is 6.03 Å². The molecule has 0 radical (unpaired) electrons. The Morgan fingerprint density at radius 2 is 2.09 bits per heavy atom. The van der Waals surface area contributed by atoms with Crippen LogP contribution in [-0.4, -0.2) is 44.5 Å². The van der Waals surface area contributed by atoms with Crippen LogP contribution in [-0.2, 0) is 4.79 Å². The van der Waals surface area contributed by atoms with E-state index in [0.29, 0.717) is 19.5 Å². The molecule has 3 amide bonds. The first-order valence-corrected chi connectivity index (χ1v) is 3.30. The Hall–Kier alpha value is -1.26. The smallest absolute Gasteiger partial charge is 0.316 e. The fraction of sp³-hybridized carbons (Fsp3) is 0.667. The van der Waals surface area contributed by atoms with Crippen LogP contribution < -0.4 is 10.6 Å². The maximum atomic E-state index is 10.8. The van der Waals surface area contributed by atoms with Crippen LogP contribution in [0.1, 0.15) is 0 Å². The third kappa shape index (κ3) is 5.20. The first-order chi connectivity index (χ1) is 5.18. The van der Waals surface area contributed by atoms with Gasteiger partial charge in [-0.3, -0.25) is 4.79 Å². The molecule has 0 atom stereocenters. The standard InChI is InChI=1S/C6H13N3O2/c1-9(2)6(11)8-4-3-7-5-10/h5H,3-4H2,1-2H3,(H,7,10)(H,8,11). The second-order valence-electron chi connectivity index (χ2n) is 2.20. The molecule has 0 aromatic rings. The molecule has 0 saturated carbocycles. The number of urea groups is 1. The van der Waals surface area contributed by atoms with Gasteiger partial charge in [0, 0.05) is 27.2 Å². The highest BCUT2D eigenvalue weighted by molar-refractivity contribution is 5.73. The van der Waals surface area contributed by atoms with E-state index in [2.05, 4.69) is 10.6 Å². The van der Waals surface area contributed by atoms with Crippen LogP contribution in [0, 0.1) is 0 Å². The zero-order chi connectivity index (χ0) is 8.69. The Bertz CT molecular complexity index is 136. The highest BCUT2D eigenvalue weighted by atomic mass is 16.2. The molecule has 5 heteroatoms. The summed E-state index contributed by atoms with van der Waals surface area (Å²) in [4.78, 5) is 22.0. The summed E-state index contributed by atoms with van der Waals surface area (Å²) in [5, 5.41) is 5.01. The van der Waals surface area contributed by atoms with Gasteiger partial charge in [-0.1, -0.05) is 0 Å². The molecular weight excluding hydrogens is 146 g/mol. The molecule has 0 unspecified atom stereocenters. The van der Waals surface area contributed by atoms with E-state index in [4.69, 9.17) is 0 Å². The summed E-state index contributed by atoms with van der Waals surface area (Å²) in [5.41, 5.74) is 0. The number of amides is 3. The summed E-state index contributed by atoms with van der Waals surface area (Å²) < 4.78 is 0. The van der Waals surface area contributed by atoms with E-state index in [1.807, 2.05) is 0 Å². The number of carbonyl (C=O) groups is 2. The highest BCUT2D eigenvalue weighted by Crippen LogP contribution is 1.73. The maximum Gasteiger partial charge on any atom is 0.316 e. The van der Waals surface area contributed by atoms with Crippen LogP contribution in [0.15, 0.2) is 0 Å². The molecule has 0 heterocycles. The summed E-state index contributed by atoms with van der Waals surface area (Å²) >= 11 is 0. The van der Waals surface area contributed by atoms with E-state index in [1.165, 1.54) is 4.90 Å². The summed E-state index contributed by atoms with van der Waals surface area (Å²) in [6.07, 6.45) is 0.599. The molecule has 0 saturated heterocycles. The van der Waals surface area contributed by atoms with Gasteiger partial charge in [0.15, 0.2) is 0 Å². The Morgan fingerprint density at radius 1 is 1.45 bits per heavy atom. The van der Waals surface area contributed by atoms with Crippen LogP contribution in [0.5, 0.6) is 0 Å². The van der Waals surface area contributed by atoms with Crippen molar-refractivity contribution in [3.63, 3.8) is 0 Å². The van der Waals surface area contributed by atoms with Crippen molar-refractivity contribution in [2.45, 2.75) is 0 Å². The van der Waals surface area contributed by atoms with Gasteiger partial charge >= 0.3 is 6.03 Å². The van der Waals surface area contributed by atoms with Crippen molar-refractivity contribution >= 4 is 12.4 Å². The van der Waals surface area contributed by atoms with Gasteiger partial charge < -0.3 is 15.5 Å². The fourth-order valence-corrected chi connectivity index (χ4v) is 0.459. The normalized spacial score (nSPS) is 8.55. The SMILES string of the molecule is CN(C)C(=O)NCCNC=O. The summed E-state index contributed by atoms with van der Waals surface area (Å²) in [6.45, 7) is 0.916. The molecule has 64 valence electrons. The zero-order valence-electron chi connectivity index (χ0n) is 6.76. The molecule has 0 spiro atoms. The largest absolute Gasteiger partial charge is 0.357 e. The van der Waals surface area contributed by atoms with Gasteiger partial charge in [0.05, 0.1) is 0 Å². The quantitative estimate of drug-likeness (QED) is 0.408. The van der Waals surface area contributed by atoms with Gasteiger partial charge in [0.25, 0.3) is 0 Å². The van der Waals surface area contributed by atoms with Crippen LogP contribution in [0.3, 0.4) is 0 Å². The molecule has 2 N–H and O–H groups in total. The van der Waals surface area contributed by atoms with E-state index < -0.39 is 0 Å². The van der Waals surface area contributed by atoms with E-state index in [0.717, 1.165) is 0 Å². The predicted molar refractivity (Wildman–Crippen MR) is 41.2 cm³/mol. The Labute approximate surface area is 65.7 Å². The van der Waals surface area contributed by atoms with E-state index >= 15 is 0 Å². The minimum atomic E-state index is -0.155. The molecule has 5 nitrogen and oxygen atoms in total. The topological polar surface area (TPSA) is 61.4 Å². The van der Waals surface area contributed by atoms with Gasteiger partial charge in [-0.15, -0.1) is 0 Å². The Kier molecular flexibility index (Phi) is 4.89.